The SMILES string of the molecule is C=CCSc1nnc(CNC(=O)c2ccc(F)cc2)n1-c1ccccc1. The number of halogens is 1. The van der Waals surface area contributed by atoms with E-state index in [0.29, 0.717) is 17.1 Å². The maximum Gasteiger partial charge on any atom is 0.251 e. The van der Waals surface area contributed by atoms with Gasteiger partial charge in [0.05, 0.1) is 6.54 Å². The molecule has 3 rings (SSSR count). The van der Waals surface area contributed by atoms with Gasteiger partial charge in [0.1, 0.15) is 5.82 Å². The lowest BCUT2D eigenvalue weighted by Gasteiger charge is -2.10. The van der Waals surface area contributed by atoms with Crippen molar-refractivity contribution in [1.29, 1.82) is 0 Å². The zero-order chi connectivity index (χ0) is 18.4. The Balaban J connectivity index is 1.81. The topological polar surface area (TPSA) is 59.8 Å². The van der Waals surface area contributed by atoms with Crippen LogP contribution in [-0.2, 0) is 6.54 Å². The second-order valence-electron chi connectivity index (χ2n) is 5.36. The average Bonchev–Trinajstić information content (AvgIpc) is 3.08. The number of aromatic nitrogens is 3. The molecule has 3 aromatic rings. The summed E-state index contributed by atoms with van der Waals surface area (Å²) < 4.78 is 14.9. The van der Waals surface area contributed by atoms with E-state index in [0.717, 1.165) is 10.8 Å². The quantitative estimate of drug-likeness (QED) is 0.511. The number of benzene rings is 2. The molecule has 7 heteroatoms. The second-order valence-corrected chi connectivity index (χ2v) is 6.35. The number of thioether (sulfide) groups is 1. The minimum Gasteiger partial charge on any atom is -0.345 e. The molecule has 132 valence electrons. The smallest absolute Gasteiger partial charge is 0.251 e. The summed E-state index contributed by atoms with van der Waals surface area (Å²) in [5, 5.41) is 12.0. The zero-order valence-electron chi connectivity index (χ0n) is 13.9. The summed E-state index contributed by atoms with van der Waals surface area (Å²) in [6, 6.07) is 15.1. The third-order valence-corrected chi connectivity index (χ3v) is 4.48. The van der Waals surface area contributed by atoms with Crippen molar-refractivity contribution >= 4 is 17.7 Å². The number of hydrogen-bond acceptors (Lipinski definition) is 4. The van der Waals surface area contributed by atoms with Gasteiger partial charge in [0.2, 0.25) is 0 Å². The van der Waals surface area contributed by atoms with Gasteiger partial charge in [-0.3, -0.25) is 9.36 Å². The lowest BCUT2D eigenvalue weighted by molar-refractivity contribution is 0.0949. The van der Waals surface area contributed by atoms with Gasteiger partial charge in [0.15, 0.2) is 11.0 Å². The first-order valence-corrected chi connectivity index (χ1v) is 8.95. The zero-order valence-corrected chi connectivity index (χ0v) is 14.7. The first kappa shape index (κ1) is 17.9. The maximum absolute atomic E-state index is 13.0. The van der Waals surface area contributed by atoms with E-state index < -0.39 is 0 Å². The van der Waals surface area contributed by atoms with Crippen molar-refractivity contribution in [1.82, 2.24) is 20.1 Å². The fourth-order valence-corrected chi connectivity index (χ4v) is 3.05. The molecule has 1 aromatic heterocycles. The normalized spacial score (nSPS) is 10.5. The van der Waals surface area contributed by atoms with Gasteiger partial charge in [-0.05, 0) is 36.4 Å². The maximum atomic E-state index is 13.0. The van der Waals surface area contributed by atoms with Crippen LogP contribution in [0.25, 0.3) is 5.69 Å². The number of nitrogens with zero attached hydrogens (tertiary/aromatic N) is 3. The molecule has 0 saturated heterocycles. The standard InChI is InChI=1S/C19H17FN4OS/c1-2-12-26-19-23-22-17(24(19)16-6-4-3-5-7-16)13-21-18(25)14-8-10-15(20)11-9-14/h2-11H,1,12-13H2,(H,21,25). The molecule has 1 amide bonds. The first-order chi connectivity index (χ1) is 12.7. The lowest BCUT2D eigenvalue weighted by Crippen LogP contribution is -2.24. The van der Waals surface area contributed by atoms with Gasteiger partial charge < -0.3 is 5.32 Å². The van der Waals surface area contributed by atoms with Crippen LogP contribution in [0.1, 0.15) is 16.2 Å². The molecule has 0 spiro atoms. The van der Waals surface area contributed by atoms with Gasteiger partial charge in [0.25, 0.3) is 5.91 Å². The Bertz CT molecular complexity index is 894. The average molecular weight is 368 g/mol. The molecular weight excluding hydrogens is 351 g/mol. The predicted octanol–water partition coefficient (Wildman–Crippen LogP) is 3.61. The number of para-hydroxylation sites is 1. The van der Waals surface area contributed by atoms with E-state index in [1.54, 1.807) is 6.08 Å². The molecule has 0 fully saturated rings. The molecule has 0 saturated carbocycles. The van der Waals surface area contributed by atoms with Crippen LogP contribution in [0.5, 0.6) is 0 Å². The first-order valence-electron chi connectivity index (χ1n) is 7.96. The van der Waals surface area contributed by atoms with Gasteiger partial charge in [0, 0.05) is 17.0 Å². The van der Waals surface area contributed by atoms with E-state index in [2.05, 4.69) is 22.1 Å². The Morgan fingerprint density at radius 3 is 2.58 bits per heavy atom. The highest BCUT2D eigenvalue weighted by Crippen LogP contribution is 2.22. The second kappa shape index (κ2) is 8.44. The summed E-state index contributed by atoms with van der Waals surface area (Å²) in [5.41, 5.74) is 1.30. The molecule has 1 heterocycles. The molecule has 26 heavy (non-hydrogen) atoms. The summed E-state index contributed by atoms with van der Waals surface area (Å²) in [7, 11) is 0. The molecule has 0 aliphatic rings. The van der Waals surface area contributed by atoms with Gasteiger partial charge in [-0.2, -0.15) is 0 Å². The minimum absolute atomic E-state index is 0.201. The number of amides is 1. The molecule has 0 radical (unpaired) electrons. The van der Waals surface area contributed by atoms with Crippen molar-refractivity contribution in [2.75, 3.05) is 5.75 Å². The van der Waals surface area contributed by atoms with Crippen LogP contribution < -0.4 is 5.32 Å². The van der Waals surface area contributed by atoms with Gasteiger partial charge in [-0.15, -0.1) is 16.8 Å². The van der Waals surface area contributed by atoms with E-state index >= 15 is 0 Å². The van der Waals surface area contributed by atoms with Gasteiger partial charge >= 0.3 is 0 Å². The highest BCUT2D eigenvalue weighted by atomic mass is 32.2. The van der Waals surface area contributed by atoms with Crippen LogP contribution in [-0.4, -0.2) is 26.4 Å². The van der Waals surface area contributed by atoms with Crippen LogP contribution >= 0.6 is 11.8 Å². The fraction of sp³-hybridized carbons (Fsp3) is 0.105. The summed E-state index contributed by atoms with van der Waals surface area (Å²) in [6.07, 6.45) is 1.80. The fourth-order valence-electron chi connectivity index (χ4n) is 2.34. The number of hydrogen-bond donors (Lipinski definition) is 1. The third kappa shape index (κ3) is 4.18. The molecule has 5 nitrogen and oxygen atoms in total. The van der Waals surface area contributed by atoms with Crippen LogP contribution in [0.3, 0.4) is 0 Å². The summed E-state index contributed by atoms with van der Waals surface area (Å²) in [6.45, 7) is 3.92. The van der Waals surface area contributed by atoms with Crippen molar-refractivity contribution < 1.29 is 9.18 Å². The molecule has 0 aliphatic heterocycles. The molecule has 0 bridgehead atoms. The molecule has 0 aliphatic carbocycles. The van der Waals surface area contributed by atoms with Crippen molar-refractivity contribution in [3.63, 3.8) is 0 Å². The van der Waals surface area contributed by atoms with E-state index in [-0.39, 0.29) is 18.3 Å². The molecule has 0 unspecified atom stereocenters. The lowest BCUT2D eigenvalue weighted by atomic mass is 10.2. The van der Waals surface area contributed by atoms with Gasteiger partial charge in [-0.1, -0.05) is 36.0 Å². The highest BCUT2D eigenvalue weighted by molar-refractivity contribution is 7.99. The number of carbonyl (C=O) groups is 1. The number of nitrogens with one attached hydrogen (secondary N) is 1. The Labute approximate surface area is 155 Å². The van der Waals surface area contributed by atoms with E-state index in [9.17, 15) is 9.18 Å². The van der Waals surface area contributed by atoms with Crippen LogP contribution in [0.2, 0.25) is 0 Å². The van der Waals surface area contributed by atoms with Crippen molar-refractivity contribution in [2.45, 2.75) is 11.7 Å². The summed E-state index contributed by atoms with van der Waals surface area (Å²) in [5.74, 6) is 0.632. The van der Waals surface area contributed by atoms with Crippen LogP contribution in [0, 0.1) is 5.82 Å². The minimum atomic E-state index is -0.380. The molecule has 2 aromatic carbocycles. The van der Waals surface area contributed by atoms with Crippen molar-refractivity contribution in [3.8, 4) is 5.69 Å². The molecular formula is C19H17FN4OS. The highest BCUT2D eigenvalue weighted by Gasteiger charge is 2.15. The number of rotatable bonds is 7. The van der Waals surface area contributed by atoms with Crippen LogP contribution in [0.4, 0.5) is 4.39 Å². The largest absolute Gasteiger partial charge is 0.345 e. The Hall–Kier alpha value is -2.93. The Morgan fingerprint density at radius 1 is 1.15 bits per heavy atom. The Morgan fingerprint density at radius 2 is 1.88 bits per heavy atom. The Kier molecular flexibility index (Phi) is 5.80. The number of carbonyl (C=O) groups excluding carboxylic acids is 1. The van der Waals surface area contributed by atoms with E-state index in [1.165, 1.54) is 36.0 Å². The molecule has 0 atom stereocenters. The summed E-state index contributed by atoms with van der Waals surface area (Å²) in [4.78, 5) is 12.2. The van der Waals surface area contributed by atoms with Crippen molar-refractivity contribution in [3.05, 3.63) is 84.5 Å². The third-order valence-electron chi connectivity index (χ3n) is 3.56. The molecule has 1 N–H and O–H groups in total. The van der Waals surface area contributed by atoms with Gasteiger partial charge in [-0.25, -0.2) is 4.39 Å². The monoisotopic (exact) mass is 368 g/mol. The van der Waals surface area contributed by atoms with E-state index in [1.807, 2.05) is 34.9 Å². The van der Waals surface area contributed by atoms with E-state index in [4.69, 9.17) is 0 Å². The van der Waals surface area contributed by atoms with Crippen molar-refractivity contribution in [2.24, 2.45) is 0 Å². The predicted molar refractivity (Wildman–Crippen MR) is 99.9 cm³/mol. The summed E-state index contributed by atoms with van der Waals surface area (Å²) >= 11 is 1.51. The van der Waals surface area contributed by atoms with Crippen LogP contribution in [0.15, 0.2) is 72.4 Å².